The van der Waals surface area contributed by atoms with E-state index in [0.29, 0.717) is 30.0 Å². The zero-order valence-corrected chi connectivity index (χ0v) is 14.2. The van der Waals surface area contributed by atoms with Gasteiger partial charge in [0.25, 0.3) is 0 Å². The van der Waals surface area contributed by atoms with Gasteiger partial charge in [-0.3, -0.25) is 19.3 Å². The number of fused-ring (bicyclic) bond motifs is 1. The van der Waals surface area contributed by atoms with Crippen molar-refractivity contribution < 1.29 is 23.9 Å². The molecule has 2 atom stereocenters. The van der Waals surface area contributed by atoms with E-state index in [1.165, 1.54) is 14.2 Å². The monoisotopic (exact) mass is 344 g/mol. The number of rotatable bonds is 5. The fraction of sp³-hybridized carbons (Fsp3) is 0.389. The number of carbonyl (C=O) groups excluding carboxylic acids is 3. The number of ether oxygens (including phenoxy) is 2. The van der Waals surface area contributed by atoms with Gasteiger partial charge in [0, 0.05) is 23.9 Å². The highest BCUT2D eigenvalue weighted by atomic mass is 16.5. The summed E-state index contributed by atoms with van der Waals surface area (Å²) >= 11 is 0. The van der Waals surface area contributed by atoms with E-state index in [4.69, 9.17) is 9.47 Å². The number of methoxy groups -OCH3 is 2. The lowest BCUT2D eigenvalue weighted by atomic mass is 9.85. The minimum Gasteiger partial charge on any atom is -0.497 e. The Morgan fingerprint density at radius 2 is 1.56 bits per heavy atom. The van der Waals surface area contributed by atoms with Crippen LogP contribution in [0.1, 0.15) is 12.8 Å². The molecule has 7 nitrogen and oxygen atoms in total. The number of benzene rings is 1. The summed E-state index contributed by atoms with van der Waals surface area (Å²) in [6.45, 7) is -0.288. The van der Waals surface area contributed by atoms with Gasteiger partial charge in [-0.15, -0.1) is 0 Å². The quantitative estimate of drug-likeness (QED) is 0.648. The topological polar surface area (TPSA) is 84.9 Å². The van der Waals surface area contributed by atoms with Crippen molar-refractivity contribution in [3.63, 3.8) is 0 Å². The molecule has 1 saturated heterocycles. The Morgan fingerprint density at radius 1 is 1.04 bits per heavy atom. The third-order valence-corrected chi connectivity index (χ3v) is 4.54. The van der Waals surface area contributed by atoms with Crippen molar-refractivity contribution in [2.75, 3.05) is 26.1 Å². The normalized spacial score (nSPS) is 21.9. The van der Waals surface area contributed by atoms with Gasteiger partial charge in [-0.2, -0.15) is 0 Å². The van der Waals surface area contributed by atoms with E-state index in [1.54, 1.807) is 18.2 Å². The molecule has 7 heteroatoms. The van der Waals surface area contributed by atoms with E-state index in [9.17, 15) is 14.4 Å². The van der Waals surface area contributed by atoms with Crippen molar-refractivity contribution in [2.45, 2.75) is 12.8 Å². The number of nitrogens with zero attached hydrogens (tertiary/aromatic N) is 1. The van der Waals surface area contributed by atoms with E-state index >= 15 is 0 Å². The van der Waals surface area contributed by atoms with Gasteiger partial charge in [0.15, 0.2) is 0 Å². The molecule has 0 radical (unpaired) electrons. The Balaban J connectivity index is 1.69. The van der Waals surface area contributed by atoms with Gasteiger partial charge in [0.2, 0.25) is 17.7 Å². The average molecular weight is 344 g/mol. The van der Waals surface area contributed by atoms with Gasteiger partial charge in [-0.05, 0) is 12.8 Å². The molecule has 0 unspecified atom stereocenters. The number of anilines is 1. The number of amides is 3. The van der Waals surface area contributed by atoms with Crippen LogP contribution in [0.5, 0.6) is 11.5 Å². The van der Waals surface area contributed by atoms with Gasteiger partial charge in [-0.1, -0.05) is 12.2 Å². The van der Waals surface area contributed by atoms with Crippen LogP contribution in [0.15, 0.2) is 30.4 Å². The second-order valence-corrected chi connectivity index (χ2v) is 6.07. The average Bonchev–Trinajstić information content (AvgIpc) is 2.86. The molecule has 0 spiro atoms. The number of likely N-dealkylation sites (tertiary alicyclic amines) is 1. The molecule has 0 aromatic heterocycles. The van der Waals surface area contributed by atoms with E-state index in [0.717, 1.165) is 4.90 Å². The molecule has 0 bridgehead atoms. The lowest BCUT2D eigenvalue weighted by Crippen LogP contribution is -2.38. The Kier molecular flexibility index (Phi) is 4.74. The van der Waals surface area contributed by atoms with Crippen LogP contribution in [0, 0.1) is 11.8 Å². The Labute approximate surface area is 145 Å². The smallest absolute Gasteiger partial charge is 0.244 e. The van der Waals surface area contributed by atoms with Crippen LogP contribution in [-0.2, 0) is 14.4 Å². The van der Waals surface area contributed by atoms with E-state index in [2.05, 4.69) is 5.32 Å². The largest absolute Gasteiger partial charge is 0.497 e. The molecule has 3 amide bonds. The summed E-state index contributed by atoms with van der Waals surface area (Å²) < 4.78 is 10.3. The van der Waals surface area contributed by atoms with Crippen molar-refractivity contribution in [3.8, 4) is 11.5 Å². The minimum absolute atomic E-state index is 0.266. The molecule has 1 N–H and O–H groups in total. The summed E-state index contributed by atoms with van der Waals surface area (Å²) in [4.78, 5) is 38.2. The standard InChI is InChI=1S/C18H20N2O5/c1-24-12-7-11(8-13(9-12)25-2)19-16(21)10-20-17(22)14-5-3-4-6-15(14)18(20)23/h3-4,7-9,14-15H,5-6,10H2,1-2H3,(H,19,21)/t14-,15-/m1/s1. The molecule has 1 aromatic carbocycles. The van der Waals surface area contributed by atoms with E-state index < -0.39 is 5.91 Å². The maximum Gasteiger partial charge on any atom is 0.244 e. The highest BCUT2D eigenvalue weighted by Crippen LogP contribution is 2.35. The van der Waals surface area contributed by atoms with Crippen LogP contribution in [0.3, 0.4) is 0 Å². The summed E-state index contributed by atoms with van der Waals surface area (Å²) in [6, 6.07) is 4.95. The van der Waals surface area contributed by atoms with Crippen LogP contribution >= 0.6 is 0 Å². The summed E-state index contributed by atoms with van der Waals surface area (Å²) in [5, 5.41) is 2.68. The number of allylic oxidation sites excluding steroid dienone is 2. The van der Waals surface area contributed by atoms with Crippen molar-refractivity contribution in [1.29, 1.82) is 0 Å². The summed E-state index contributed by atoms with van der Waals surface area (Å²) in [5.74, 6) is -0.580. The zero-order chi connectivity index (χ0) is 18.0. The second kappa shape index (κ2) is 6.96. The molecule has 132 valence electrons. The Bertz CT molecular complexity index is 695. The van der Waals surface area contributed by atoms with Gasteiger partial charge in [0.05, 0.1) is 26.1 Å². The Hall–Kier alpha value is -2.83. The second-order valence-electron chi connectivity index (χ2n) is 6.07. The number of hydrogen-bond acceptors (Lipinski definition) is 5. The molecular weight excluding hydrogens is 324 g/mol. The number of nitrogens with one attached hydrogen (secondary N) is 1. The molecule has 1 heterocycles. The van der Waals surface area contributed by atoms with Gasteiger partial charge >= 0.3 is 0 Å². The third kappa shape index (κ3) is 3.35. The molecule has 2 aliphatic rings. The predicted octanol–water partition coefficient (Wildman–Crippen LogP) is 1.59. The van der Waals surface area contributed by atoms with Crippen molar-refractivity contribution >= 4 is 23.4 Å². The number of carbonyl (C=O) groups is 3. The van der Waals surface area contributed by atoms with Crippen molar-refractivity contribution in [2.24, 2.45) is 11.8 Å². The number of hydrogen-bond donors (Lipinski definition) is 1. The Morgan fingerprint density at radius 3 is 2.04 bits per heavy atom. The molecule has 1 fully saturated rings. The summed E-state index contributed by atoms with van der Waals surface area (Å²) in [5.41, 5.74) is 0.472. The van der Waals surface area contributed by atoms with E-state index in [1.807, 2.05) is 12.2 Å². The molecule has 3 rings (SSSR count). The third-order valence-electron chi connectivity index (χ3n) is 4.54. The first-order valence-corrected chi connectivity index (χ1v) is 8.06. The first kappa shape index (κ1) is 17.0. The SMILES string of the molecule is COc1cc(NC(=O)CN2C(=O)[C@@H]3CC=CC[C@H]3C2=O)cc(OC)c1. The van der Waals surface area contributed by atoms with Crippen LogP contribution in [0.25, 0.3) is 0 Å². The lowest BCUT2D eigenvalue weighted by molar-refractivity contribution is -0.142. The van der Waals surface area contributed by atoms with Crippen LogP contribution in [0.2, 0.25) is 0 Å². The van der Waals surface area contributed by atoms with E-state index in [-0.39, 0.29) is 30.2 Å². The first-order chi connectivity index (χ1) is 12.0. The van der Waals surface area contributed by atoms with Crippen molar-refractivity contribution in [3.05, 3.63) is 30.4 Å². The maximum atomic E-state index is 12.4. The van der Waals surface area contributed by atoms with Crippen LogP contribution < -0.4 is 14.8 Å². The highest BCUT2D eigenvalue weighted by Gasteiger charge is 2.47. The summed E-state index contributed by atoms with van der Waals surface area (Å²) in [6.07, 6.45) is 4.94. The predicted molar refractivity (Wildman–Crippen MR) is 90.2 cm³/mol. The van der Waals surface area contributed by atoms with Crippen molar-refractivity contribution in [1.82, 2.24) is 4.90 Å². The molecule has 1 aromatic rings. The molecule has 1 aliphatic heterocycles. The van der Waals surface area contributed by atoms with Gasteiger partial charge in [0.1, 0.15) is 18.0 Å². The number of imide groups is 1. The van der Waals surface area contributed by atoms with Crippen LogP contribution in [0.4, 0.5) is 5.69 Å². The molecule has 0 saturated carbocycles. The maximum absolute atomic E-state index is 12.4. The van der Waals surface area contributed by atoms with Gasteiger partial charge in [-0.25, -0.2) is 0 Å². The zero-order valence-electron chi connectivity index (χ0n) is 14.2. The summed E-state index contributed by atoms with van der Waals surface area (Å²) in [7, 11) is 3.02. The fourth-order valence-corrected chi connectivity index (χ4v) is 3.25. The molecule has 1 aliphatic carbocycles. The lowest BCUT2D eigenvalue weighted by Gasteiger charge is -2.15. The molecular formula is C18H20N2O5. The molecule has 25 heavy (non-hydrogen) atoms. The first-order valence-electron chi connectivity index (χ1n) is 8.06. The highest BCUT2D eigenvalue weighted by molar-refractivity contribution is 6.08. The fourth-order valence-electron chi connectivity index (χ4n) is 3.25. The minimum atomic E-state index is -0.441. The van der Waals surface area contributed by atoms with Crippen LogP contribution in [-0.4, -0.2) is 43.4 Å². The van der Waals surface area contributed by atoms with Gasteiger partial charge < -0.3 is 14.8 Å².